The molecular weight excluding hydrogens is 446 g/mol. The Kier molecular flexibility index (Phi) is 5.85. The number of carbonyl (C=O) groups excluding carboxylic acids is 2. The number of carbonyl (C=O) groups is 2. The first-order valence-corrected chi connectivity index (χ1v) is 10.9. The number of aromatic nitrogens is 3. The van der Waals surface area contributed by atoms with E-state index in [4.69, 9.17) is 0 Å². The second-order valence-electron chi connectivity index (χ2n) is 7.82. The first-order chi connectivity index (χ1) is 14.4. The quantitative estimate of drug-likeness (QED) is 0.540. The molecule has 2 atom stereocenters. The van der Waals surface area contributed by atoms with Gasteiger partial charge < -0.3 is 15.6 Å². The van der Waals surface area contributed by atoms with Crippen LogP contribution >= 0.6 is 15.9 Å². The standard InChI is InChI=1S/C22H24BrN5O2/c1-12-9-15(13(2)25-12)21(29)27-17-5-3-4-6-18(17)28-22(30)19-8-7-14-10-24-11-16(23)20(14)26-19/h7-11,17-18,25H,3-6H2,1-2H3,(H,27,29)(H,28,30)/t17-,18-/m1/s1. The van der Waals surface area contributed by atoms with Crippen LogP contribution in [0.3, 0.4) is 0 Å². The number of rotatable bonds is 4. The third-order valence-corrected chi connectivity index (χ3v) is 6.16. The lowest BCUT2D eigenvalue weighted by Gasteiger charge is -2.32. The number of amides is 2. The van der Waals surface area contributed by atoms with E-state index in [1.807, 2.05) is 26.0 Å². The van der Waals surface area contributed by atoms with Gasteiger partial charge in [-0.2, -0.15) is 0 Å². The first-order valence-electron chi connectivity index (χ1n) is 10.1. The molecule has 0 aliphatic heterocycles. The number of aryl methyl sites for hydroxylation is 2. The fraction of sp³-hybridized carbons (Fsp3) is 0.364. The van der Waals surface area contributed by atoms with Crippen LogP contribution in [0.1, 0.15) is 57.9 Å². The molecule has 0 radical (unpaired) electrons. The molecule has 0 unspecified atom stereocenters. The average molecular weight is 470 g/mol. The summed E-state index contributed by atoms with van der Waals surface area (Å²) < 4.78 is 0.745. The normalized spacial score (nSPS) is 18.9. The number of hydrogen-bond donors (Lipinski definition) is 3. The summed E-state index contributed by atoms with van der Waals surface area (Å²) in [6.45, 7) is 3.82. The Morgan fingerprint density at radius 1 is 1.07 bits per heavy atom. The van der Waals surface area contributed by atoms with Crippen molar-refractivity contribution in [2.45, 2.75) is 51.6 Å². The van der Waals surface area contributed by atoms with E-state index >= 15 is 0 Å². The van der Waals surface area contributed by atoms with Gasteiger partial charge in [0.25, 0.3) is 11.8 Å². The van der Waals surface area contributed by atoms with Crippen molar-refractivity contribution in [2.24, 2.45) is 0 Å². The van der Waals surface area contributed by atoms with Crippen molar-refractivity contribution in [2.75, 3.05) is 0 Å². The highest BCUT2D eigenvalue weighted by Crippen LogP contribution is 2.22. The van der Waals surface area contributed by atoms with Crippen LogP contribution in [0.15, 0.2) is 35.1 Å². The molecule has 3 N–H and O–H groups in total. The Labute approximate surface area is 183 Å². The van der Waals surface area contributed by atoms with Crippen molar-refractivity contribution >= 4 is 38.6 Å². The van der Waals surface area contributed by atoms with Crippen molar-refractivity contribution in [1.82, 2.24) is 25.6 Å². The van der Waals surface area contributed by atoms with Gasteiger partial charge in [0.05, 0.1) is 15.6 Å². The zero-order valence-corrected chi connectivity index (χ0v) is 18.5. The predicted molar refractivity (Wildman–Crippen MR) is 118 cm³/mol. The van der Waals surface area contributed by atoms with Crippen LogP contribution in [0, 0.1) is 13.8 Å². The molecule has 3 aromatic heterocycles. The second-order valence-corrected chi connectivity index (χ2v) is 8.68. The summed E-state index contributed by atoms with van der Waals surface area (Å²) in [5.41, 5.74) is 3.50. The molecule has 0 spiro atoms. The van der Waals surface area contributed by atoms with Crippen LogP contribution in [0.2, 0.25) is 0 Å². The number of aromatic amines is 1. The molecule has 2 amide bonds. The van der Waals surface area contributed by atoms with E-state index in [2.05, 4.69) is 41.5 Å². The Bertz CT molecular complexity index is 1110. The van der Waals surface area contributed by atoms with E-state index in [-0.39, 0.29) is 23.9 Å². The van der Waals surface area contributed by atoms with Gasteiger partial charge >= 0.3 is 0 Å². The van der Waals surface area contributed by atoms with Gasteiger partial charge in [0.1, 0.15) is 5.69 Å². The summed E-state index contributed by atoms with van der Waals surface area (Å²) in [7, 11) is 0. The van der Waals surface area contributed by atoms with Gasteiger partial charge in [-0.1, -0.05) is 12.8 Å². The Morgan fingerprint density at radius 3 is 2.43 bits per heavy atom. The van der Waals surface area contributed by atoms with Crippen LogP contribution in [-0.2, 0) is 0 Å². The highest BCUT2D eigenvalue weighted by molar-refractivity contribution is 9.10. The number of hydrogen-bond acceptors (Lipinski definition) is 4. The van der Waals surface area contributed by atoms with E-state index in [1.165, 1.54) is 0 Å². The van der Waals surface area contributed by atoms with Crippen molar-refractivity contribution in [1.29, 1.82) is 0 Å². The smallest absolute Gasteiger partial charge is 0.270 e. The molecule has 156 valence electrons. The Hall–Kier alpha value is -2.74. The molecule has 1 aliphatic rings. The van der Waals surface area contributed by atoms with Gasteiger partial charge in [0, 0.05) is 41.3 Å². The van der Waals surface area contributed by atoms with Crippen molar-refractivity contribution in [3.05, 3.63) is 57.7 Å². The van der Waals surface area contributed by atoms with Crippen molar-refractivity contribution in [3.8, 4) is 0 Å². The largest absolute Gasteiger partial charge is 0.362 e. The number of nitrogens with one attached hydrogen (secondary N) is 3. The minimum absolute atomic E-state index is 0.108. The van der Waals surface area contributed by atoms with E-state index in [0.29, 0.717) is 16.8 Å². The Morgan fingerprint density at radius 2 is 1.77 bits per heavy atom. The lowest BCUT2D eigenvalue weighted by molar-refractivity contribution is 0.0860. The molecule has 8 heteroatoms. The number of nitrogens with zero attached hydrogens (tertiary/aromatic N) is 2. The van der Waals surface area contributed by atoms with Crippen molar-refractivity contribution in [3.63, 3.8) is 0 Å². The van der Waals surface area contributed by atoms with Gasteiger partial charge in [0.15, 0.2) is 0 Å². The van der Waals surface area contributed by atoms with Gasteiger partial charge in [-0.05, 0) is 60.8 Å². The van der Waals surface area contributed by atoms with Crippen LogP contribution in [0.25, 0.3) is 10.9 Å². The SMILES string of the molecule is Cc1cc(C(=O)N[C@@H]2CCCC[C@H]2NC(=O)c2ccc3cncc(Br)c3n2)c(C)[nH]1. The lowest BCUT2D eigenvalue weighted by atomic mass is 9.90. The van der Waals surface area contributed by atoms with Crippen molar-refractivity contribution < 1.29 is 9.59 Å². The number of halogens is 1. The third-order valence-electron chi connectivity index (χ3n) is 5.58. The zero-order chi connectivity index (χ0) is 21.3. The zero-order valence-electron chi connectivity index (χ0n) is 17.0. The van der Waals surface area contributed by atoms with Crippen LogP contribution in [0.4, 0.5) is 0 Å². The molecule has 7 nitrogen and oxygen atoms in total. The topological polar surface area (TPSA) is 99.8 Å². The molecule has 3 aromatic rings. The maximum atomic E-state index is 12.9. The van der Waals surface area contributed by atoms with Gasteiger partial charge in [0.2, 0.25) is 0 Å². The average Bonchev–Trinajstić information content (AvgIpc) is 3.07. The number of H-pyrrole nitrogens is 1. The molecule has 1 aliphatic carbocycles. The van der Waals surface area contributed by atoms with E-state index in [0.717, 1.165) is 46.9 Å². The first kappa shape index (κ1) is 20.5. The maximum Gasteiger partial charge on any atom is 0.270 e. The third kappa shape index (κ3) is 4.23. The highest BCUT2D eigenvalue weighted by Gasteiger charge is 2.29. The van der Waals surface area contributed by atoms with E-state index in [9.17, 15) is 9.59 Å². The fourth-order valence-electron chi connectivity index (χ4n) is 4.06. The maximum absolute atomic E-state index is 12.9. The Balaban J connectivity index is 1.49. The van der Waals surface area contributed by atoms with Gasteiger partial charge in [-0.25, -0.2) is 4.98 Å². The molecule has 0 bridgehead atoms. The van der Waals surface area contributed by atoms with Gasteiger partial charge in [-0.3, -0.25) is 14.6 Å². The van der Waals surface area contributed by atoms with E-state index < -0.39 is 0 Å². The predicted octanol–water partition coefficient (Wildman–Crippen LogP) is 3.81. The monoisotopic (exact) mass is 469 g/mol. The van der Waals surface area contributed by atoms with Crippen LogP contribution < -0.4 is 10.6 Å². The van der Waals surface area contributed by atoms with E-state index in [1.54, 1.807) is 18.5 Å². The highest BCUT2D eigenvalue weighted by atomic mass is 79.9. The minimum atomic E-state index is -0.236. The minimum Gasteiger partial charge on any atom is -0.362 e. The molecule has 0 saturated heterocycles. The molecular formula is C22H24BrN5O2. The molecule has 0 aromatic carbocycles. The summed E-state index contributed by atoms with van der Waals surface area (Å²) in [5.74, 6) is -0.344. The summed E-state index contributed by atoms with van der Waals surface area (Å²) in [6, 6.07) is 5.16. The van der Waals surface area contributed by atoms with Crippen LogP contribution in [0.5, 0.6) is 0 Å². The van der Waals surface area contributed by atoms with Crippen LogP contribution in [-0.4, -0.2) is 38.8 Å². The summed E-state index contributed by atoms with van der Waals surface area (Å²) in [6.07, 6.45) is 7.07. The lowest BCUT2D eigenvalue weighted by Crippen LogP contribution is -2.53. The fourth-order valence-corrected chi connectivity index (χ4v) is 4.50. The summed E-state index contributed by atoms with van der Waals surface area (Å²) in [4.78, 5) is 37.5. The molecule has 4 rings (SSSR count). The van der Waals surface area contributed by atoms with Gasteiger partial charge in [-0.15, -0.1) is 0 Å². The summed E-state index contributed by atoms with van der Waals surface area (Å²) >= 11 is 3.44. The summed E-state index contributed by atoms with van der Waals surface area (Å²) in [5, 5.41) is 7.08. The molecule has 3 heterocycles. The molecule has 1 fully saturated rings. The molecule has 30 heavy (non-hydrogen) atoms. The number of pyridine rings is 2. The molecule has 1 saturated carbocycles. The number of fused-ring (bicyclic) bond motifs is 1. The second kappa shape index (κ2) is 8.55.